The molecule has 0 radical (unpaired) electrons. The quantitative estimate of drug-likeness (QED) is 0.596. The number of fused-ring (bicyclic) bond motifs is 1. The lowest BCUT2D eigenvalue weighted by Gasteiger charge is -2.37. The van der Waals surface area contributed by atoms with E-state index in [0.29, 0.717) is 5.56 Å². The highest BCUT2D eigenvalue weighted by Gasteiger charge is 2.38. The Kier molecular flexibility index (Phi) is 9.55. The van der Waals surface area contributed by atoms with Crippen LogP contribution in [0.5, 0.6) is 5.75 Å². The SMILES string of the molecule is COCC#Cc1ccc2c(c1)O[C@H](CN(C)C(=O)NC(C)C)[C@H](C)CN([C@H](C)CO)S2(=O)=O. The van der Waals surface area contributed by atoms with Crippen LogP contribution in [0.3, 0.4) is 0 Å². The van der Waals surface area contributed by atoms with Crippen LogP contribution >= 0.6 is 0 Å². The molecule has 2 rings (SSSR count). The number of benzene rings is 1. The van der Waals surface area contributed by atoms with Crippen LogP contribution in [0.1, 0.15) is 33.3 Å². The molecular formula is C23H35N3O6S. The van der Waals surface area contributed by atoms with Crippen LogP contribution in [0.2, 0.25) is 0 Å². The van der Waals surface area contributed by atoms with Gasteiger partial charge >= 0.3 is 6.03 Å². The molecule has 0 aromatic heterocycles. The minimum absolute atomic E-state index is 0.00581. The molecule has 1 aromatic carbocycles. The average molecular weight is 482 g/mol. The van der Waals surface area contributed by atoms with E-state index in [9.17, 15) is 18.3 Å². The molecule has 3 atom stereocenters. The second-order valence-electron chi connectivity index (χ2n) is 8.62. The number of amides is 2. The van der Waals surface area contributed by atoms with Gasteiger partial charge in [0, 0.05) is 44.3 Å². The minimum Gasteiger partial charge on any atom is -0.487 e. The van der Waals surface area contributed by atoms with Gasteiger partial charge in [-0.1, -0.05) is 18.8 Å². The Balaban J connectivity index is 2.50. The second-order valence-corrected chi connectivity index (χ2v) is 10.5. The summed E-state index contributed by atoms with van der Waals surface area (Å²) in [6, 6.07) is 3.81. The van der Waals surface area contributed by atoms with Crippen molar-refractivity contribution >= 4 is 16.1 Å². The predicted molar refractivity (Wildman–Crippen MR) is 126 cm³/mol. The van der Waals surface area contributed by atoms with E-state index in [0.717, 1.165) is 0 Å². The number of nitrogens with zero attached hydrogens (tertiary/aromatic N) is 2. The molecule has 33 heavy (non-hydrogen) atoms. The standard InChI is InChI=1S/C23H35N3O6S/c1-16(2)24-23(28)25(5)14-21-17(3)13-26(18(4)15-27)33(29,30)22-10-9-19(8-7-11-31-6)12-20(22)32-21/h9-10,12,16-18,21,27H,11,13-15H2,1-6H3,(H,24,28)/t17-,18-,21-/m1/s1. The molecule has 0 saturated heterocycles. The minimum atomic E-state index is -3.93. The summed E-state index contributed by atoms with van der Waals surface area (Å²) in [4.78, 5) is 14.0. The second kappa shape index (κ2) is 11.7. The molecule has 1 heterocycles. The third-order valence-corrected chi connectivity index (χ3v) is 7.35. The van der Waals surface area contributed by atoms with Gasteiger partial charge in [0.05, 0.1) is 13.2 Å². The summed E-state index contributed by atoms with van der Waals surface area (Å²) in [7, 11) is -0.717. The summed E-state index contributed by atoms with van der Waals surface area (Å²) < 4.78 is 39.4. The van der Waals surface area contributed by atoms with Crippen molar-refractivity contribution in [1.29, 1.82) is 0 Å². The highest BCUT2D eigenvalue weighted by Crippen LogP contribution is 2.34. The number of aliphatic hydroxyl groups excluding tert-OH is 1. The zero-order valence-electron chi connectivity index (χ0n) is 20.2. The van der Waals surface area contributed by atoms with Crippen molar-refractivity contribution in [3.63, 3.8) is 0 Å². The topological polar surface area (TPSA) is 108 Å². The molecule has 0 fully saturated rings. The van der Waals surface area contributed by atoms with Crippen molar-refractivity contribution in [2.45, 2.75) is 50.8 Å². The zero-order chi connectivity index (χ0) is 24.8. The third-order valence-electron chi connectivity index (χ3n) is 5.33. The van der Waals surface area contributed by atoms with Gasteiger partial charge in [-0.25, -0.2) is 13.2 Å². The predicted octanol–water partition coefficient (Wildman–Crippen LogP) is 1.50. The highest BCUT2D eigenvalue weighted by molar-refractivity contribution is 7.89. The summed E-state index contributed by atoms with van der Waals surface area (Å²) in [6.07, 6.45) is -0.488. The Bertz CT molecular complexity index is 986. The lowest BCUT2D eigenvalue weighted by molar-refractivity contribution is 0.0809. The number of likely N-dealkylation sites (N-methyl/N-ethyl adjacent to an activating group) is 1. The highest BCUT2D eigenvalue weighted by atomic mass is 32.2. The van der Waals surface area contributed by atoms with Crippen LogP contribution in [0, 0.1) is 17.8 Å². The molecule has 0 unspecified atom stereocenters. The lowest BCUT2D eigenvalue weighted by Crippen LogP contribution is -2.51. The maximum Gasteiger partial charge on any atom is 0.317 e. The van der Waals surface area contributed by atoms with Gasteiger partial charge in [-0.05, 0) is 39.0 Å². The van der Waals surface area contributed by atoms with Gasteiger partial charge in [-0.2, -0.15) is 4.31 Å². The lowest BCUT2D eigenvalue weighted by atomic mass is 10.0. The molecule has 2 N–H and O–H groups in total. The Hall–Kier alpha value is -2.32. The maximum atomic E-state index is 13.5. The van der Waals surface area contributed by atoms with E-state index in [-0.39, 0.29) is 54.9 Å². The number of hydrogen-bond acceptors (Lipinski definition) is 6. The summed E-state index contributed by atoms with van der Waals surface area (Å²) in [5.41, 5.74) is 0.584. The molecule has 0 saturated carbocycles. The van der Waals surface area contributed by atoms with Gasteiger partial charge in [-0.15, -0.1) is 0 Å². The molecule has 9 nitrogen and oxygen atoms in total. The molecule has 0 aliphatic carbocycles. The molecule has 0 bridgehead atoms. The molecule has 184 valence electrons. The monoisotopic (exact) mass is 481 g/mol. The van der Waals surface area contributed by atoms with E-state index in [4.69, 9.17) is 9.47 Å². The van der Waals surface area contributed by atoms with Crippen molar-refractivity contribution in [3.8, 4) is 17.6 Å². The fourth-order valence-electron chi connectivity index (χ4n) is 3.44. The largest absolute Gasteiger partial charge is 0.487 e. The number of methoxy groups -OCH3 is 1. The van der Waals surface area contributed by atoms with Crippen LogP contribution in [0.15, 0.2) is 23.1 Å². The fourth-order valence-corrected chi connectivity index (χ4v) is 5.27. The Morgan fingerprint density at radius 2 is 2.09 bits per heavy atom. The first-order valence-electron chi connectivity index (χ1n) is 10.9. The van der Waals surface area contributed by atoms with Crippen molar-refractivity contribution in [1.82, 2.24) is 14.5 Å². The maximum absolute atomic E-state index is 13.5. The molecular weight excluding hydrogens is 446 g/mol. The van der Waals surface area contributed by atoms with Gasteiger partial charge < -0.3 is 24.8 Å². The first-order valence-corrected chi connectivity index (χ1v) is 12.4. The van der Waals surface area contributed by atoms with E-state index in [1.165, 1.54) is 15.3 Å². The first kappa shape index (κ1) is 26.9. The van der Waals surface area contributed by atoms with Crippen molar-refractivity contribution in [2.24, 2.45) is 5.92 Å². The molecule has 1 aliphatic heterocycles. The van der Waals surface area contributed by atoms with Crippen molar-refractivity contribution < 1.29 is 27.8 Å². The van der Waals surface area contributed by atoms with E-state index in [2.05, 4.69) is 17.2 Å². The van der Waals surface area contributed by atoms with Gasteiger partial charge in [0.2, 0.25) is 10.0 Å². The average Bonchev–Trinajstić information content (AvgIpc) is 2.75. The number of hydrogen-bond donors (Lipinski definition) is 2. The normalized spacial score (nSPS) is 21.0. The molecule has 2 amide bonds. The van der Waals surface area contributed by atoms with Crippen LogP contribution in [-0.2, 0) is 14.8 Å². The fraction of sp³-hybridized carbons (Fsp3) is 0.609. The van der Waals surface area contributed by atoms with E-state index >= 15 is 0 Å². The third kappa shape index (κ3) is 6.84. The summed E-state index contributed by atoms with van der Waals surface area (Å²) in [5, 5.41) is 12.6. The number of urea groups is 1. The van der Waals surface area contributed by atoms with E-state index in [1.54, 1.807) is 33.2 Å². The zero-order valence-corrected chi connectivity index (χ0v) is 21.0. The molecule has 1 aromatic rings. The number of carbonyl (C=O) groups is 1. The van der Waals surface area contributed by atoms with E-state index < -0.39 is 22.2 Å². The van der Waals surface area contributed by atoms with Crippen molar-refractivity contribution in [3.05, 3.63) is 23.8 Å². The number of aliphatic hydroxyl groups is 1. The van der Waals surface area contributed by atoms with Gasteiger partial charge in [0.1, 0.15) is 23.4 Å². The number of ether oxygens (including phenoxy) is 2. The summed E-state index contributed by atoms with van der Waals surface area (Å²) in [5.74, 6) is 5.68. The summed E-state index contributed by atoms with van der Waals surface area (Å²) in [6.45, 7) is 7.61. The van der Waals surface area contributed by atoms with Crippen LogP contribution in [0.4, 0.5) is 4.79 Å². The smallest absolute Gasteiger partial charge is 0.317 e. The number of rotatable bonds is 6. The Morgan fingerprint density at radius 1 is 1.39 bits per heavy atom. The van der Waals surface area contributed by atoms with Gasteiger partial charge in [0.25, 0.3) is 0 Å². The van der Waals surface area contributed by atoms with Crippen LogP contribution in [0.25, 0.3) is 0 Å². The molecule has 0 spiro atoms. The molecule has 10 heteroatoms. The number of sulfonamides is 1. The van der Waals surface area contributed by atoms with Gasteiger partial charge in [0.15, 0.2) is 0 Å². The van der Waals surface area contributed by atoms with Crippen LogP contribution in [-0.4, -0.2) is 87.4 Å². The Labute approximate surface area is 197 Å². The van der Waals surface area contributed by atoms with E-state index in [1.807, 2.05) is 20.8 Å². The molecule has 1 aliphatic rings. The Morgan fingerprint density at radius 3 is 2.70 bits per heavy atom. The van der Waals surface area contributed by atoms with Crippen molar-refractivity contribution in [2.75, 3.05) is 40.5 Å². The van der Waals surface area contributed by atoms with Crippen LogP contribution < -0.4 is 10.1 Å². The van der Waals surface area contributed by atoms with Gasteiger partial charge in [-0.3, -0.25) is 0 Å². The first-order chi connectivity index (χ1) is 15.5. The number of nitrogens with one attached hydrogen (secondary N) is 1. The summed E-state index contributed by atoms with van der Waals surface area (Å²) >= 11 is 0. The number of carbonyl (C=O) groups excluding carboxylic acids is 1.